The smallest absolute Gasteiger partial charge is 0.108 e. The second kappa shape index (κ2) is 7.10. The third kappa shape index (κ3) is 5.48. The van der Waals surface area contributed by atoms with Gasteiger partial charge in [0.15, 0.2) is 0 Å². The van der Waals surface area contributed by atoms with E-state index < -0.39 is 18.6 Å². The topological polar surface area (TPSA) is 93.4 Å². The van der Waals surface area contributed by atoms with Crippen molar-refractivity contribution < 1.29 is 25.2 Å². The molecule has 0 spiro atoms. The Hall–Kier alpha value is -0.240. The summed E-state index contributed by atoms with van der Waals surface area (Å²) in [7, 11) is 0. The van der Waals surface area contributed by atoms with Crippen LogP contribution in [0, 0.1) is 0 Å². The summed E-state index contributed by atoms with van der Waals surface area (Å²) < 4.78 is 4.97. The standard InChI is InChI=1S/C8H19NO5/c1-6(11)9(7(2)12)5-14-4-8(13)3-10/h6-8,10-13H,3-5H2,1-2H3. The molecule has 0 radical (unpaired) electrons. The minimum absolute atomic E-state index is 0.00755. The molecule has 3 unspecified atom stereocenters. The lowest BCUT2D eigenvalue weighted by Gasteiger charge is -2.27. The van der Waals surface area contributed by atoms with E-state index in [-0.39, 0.29) is 19.9 Å². The first kappa shape index (κ1) is 13.8. The van der Waals surface area contributed by atoms with Crippen LogP contribution in [0.3, 0.4) is 0 Å². The van der Waals surface area contributed by atoms with E-state index in [0.29, 0.717) is 0 Å². The maximum Gasteiger partial charge on any atom is 0.108 e. The van der Waals surface area contributed by atoms with Crippen LogP contribution in [0.15, 0.2) is 0 Å². The van der Waals surface area contributed by atoms with Crippen molar-refractivity contribution in [3.05, 3.63) is 0 Å². The third-order valence-electron chi connectivity index (χ3n) is 1.72. The summed E-state index contributed by atoms with van der Waals surface area (Å²) in [4.78, 5) is 1.28. The van der Waals surface area contributed by atoms with E-state index in [9.17, 15) is 10.2 Å². The van der Waals surface area contributed by atoms with Crippen LogP contribution in [0.1, 0.15) is 13.8 Å². The Morgan fingerprint density at radius 3 is 2.00 bits per heavy atom. The summed E-state index contributed by atoms with van der Waals surface area (Å²) in [6.45, 7) is 2.58. The maximum absolute atomic E-state index is 9.18. The fourth-order valence-electron chi connectivity index (χ4n) is 0.875. The second-order valence-corrected chi connectivity index (χ2v) is 3.11. The molecule has 86 valence electrons. The third-order valence-corrected chi connectivity index (χ3v) is 1.72. The summed E-state index contributed by atoms with van der Waals surface area (Å²) in [6.07, 6.45) is -2.60. The van der Waals surface area contributed by atoms with Gasteiger partial charge in [-0.15, -0.1) is 0 Å². The summed E-state index contributed by atoms with van der Waals surface area (Å²) in [5.74, 6) is 0. The van der Waals surface area contributed by atoms with E-state index in [2.05, 4.69) is 0 Å². The molecule has 14 heavy (non-hydrogen) atoms. The van der Waals surface area contributed by atoms with Crippen LogP contribution < -0.4 is 0 Å². The summed E-state index contributed by atoms with van der Waals surface area (Å²) in [5.41, 5.74) is 0. The van der Waals surface area contributed by atoms with Gasteiger partial charge in [-0.2, -0.15) is 0 Å². The van der Waals surface area contributed by atoms with Gasteiger partial charge in [0.05, 0.1) is 13.2 Å². The molecule has 0 aliphatic rings. The van der Waals surface area contributed by atoms with Crippen LogP contribution in [0.5, 0.6) is 0 Å². The number of hydrogen-bond acceptors (Lipinski definition) is 6. The maximum atomic E-state index is 9.18. The molecule has 0 aliphatic carbocycles. The zero-order valence-electron chi connectivity index (χ0n) is 8.50. The lowest BCUT2D eigenvalue weighted by Crippen LogP contribution is -2.42. The molecule has 0 fully saturated rings. The molecule has 0 amide bonds. The number of rotatable bonds is 7. The molecule has 0 aromatic carbocycles. The van der Waals surface area contributed by atoms with Crippen molar-refractivity contribution in [3.8, 4) is 0 Å². The highest BCUT2D eigenvalue weighted by Crippen LogP contribution is 2.01. The van der Waals surface area contributed by atoms with E-state index in [4.69, 9.17) is 14.9 Å². The molecule has 3 atom stereocenters. The monoisotopic (exact) mass is 209 g/mol. The van der Waals surface area contributed by atoms with Crippen molar-refractivity contribution in [2.45, 2.75) is 32.4 Å². The summed E-state index contributed by atoms with van der Waals surface area (Å²) >= 11 is 0. The van der Waals surface area contributed by atoms with Gasteiger partial charge in [-0.05, 0) is 13.8 Å². The van der Waals surface area contributed by atoms with Gasteiger partial charge in [0, 0.05) is 0 Å². The van der Waals surface area contributed by atoms with Crippen molar-refractivity contribution in [2.24, 2.45) is 0 Å². The van der Waals surface area contributed by atoms with Crippen LogP contribution in [0.25, 0.3) is 0 Å². The van der Waals surface area contributed by atoms with Crippen LogP contribution in [-0.4, -0.2) is 63.8 Å². The first-order valence-electron chi connectivity index (χ1n) is 4.47. The highest BCUT2D eigenvalue weighted by Gasteiger charge is 2.16. The molecule has 0 bridgehead atoms. The minimum atomic E-state index is -0.931. The SMILES string of the molecule is CC(O)N(COCC(O)CO)C(C)O. The van der Waals surface area contributed by atoms with Crippen molar-refractivity contribution in [3.63, 3.8) is 0 Å². The molecule has 0 rings (SSSR count). The van der Waals surface area contributed by atoms with Gasteiger partial charge in [0.1, 0.15) is 25.3 Å². The lowest BCUT2D eigenvalue weighted by molar-refractivity contribution is -0.146. The largest absolute Gasteiger partial charge is 0.394 e. The van der Waals surface area contributed by atoms with Crippen molar-refractivity contribution in [1.29, 1.82) is 0 Å². The Morgan fingerprint density at radius 1 is 1.14 bits per heavy atom. The quantitative estimate of drug-likeness (QED) is 0.373. The first-order chi connectivity index (χ1) is 6.49. The molecule has 0 aromatic heterocycles. The Bertz CT molecular complexity index is 134. The molecular formula is C8H19NO5. The van der Waals surface area contributed by atoms with E-state index in [0.717, 1.165) is 0 Å². The molecule has 0 heterocycles. The summed E-state index contributed by atoms with van der Waals surface area (Å²) in [5, 5.41) is 35.8. The van der Waals surface area contributed by atoms with E-state index in [1.54, 1.807) is 0 Å². The molecule has 0 aromatic rings. The van der Waals surface area contributed by atoms with Crippen LogP contribution in [0.2, 0.25) is 0 Å². The van der Waals surface area contributed by atoms with Gasteiger partial charge in [-0.25, -0.2) is 4.90 Å². The van der Waals surface area contributed by atoms with Crippen LogP contribution >= 0.6 is 0 Å². The van der Waals surface area contributed by atoms with Gasteiger partial charge in [-0.1, -0.05) is 0 Å². The molecule has 4 N–H and O–H groups in total. The minimum Gasteiger partial charge on any atom is -0.394 e. The fourth-order valence-corrected chi connectivity index (χ4v) is 0.875. The molecular weight excluding hydrogens is 190 g/mol. The first-order valence-corrected chi connectivity index (χ1v) is 4.47. The molecule has 0 saturated carbocycles. The molecule has 0 aliphatic heterocycles. The normalized spacial score (nSPS) is 18.2. The molecule has 6 heteroatoms. The van der Waals surface area contributed by atoms with Crippen LogP contribution in [0.4, 0.5) is 0 Å². The van der Waals surface area contributed by atoms with Gasteiger partial charge in [-0.3, -0.25) is 0 Å². The zero-order chi connectivity index (χ0) is 11.1. The predicted molar refractivity (Wildman–Crippen MR) is 49.1 cm³/mol. The Balaban J connectivity index is 3.72. The average Bonchev–Trinajstić information content (AvgIpc) is 2.10. The van der Waals surface area contributed by atoms with Gasteiger partial charge < -0.3 is 25.2 Å². The Morgan fingerprint density at radius 2 is 1.64 bits per heavy atom. The predicted octanol–water partition coefficient (Wildman–Crippen LogP) is -1.71. The lowest BCUT2D eigenvalue weighted by atomic mass is 10.4. The van der Waals surface area contributed by atoms with Gasteiger partial charge >= 0.3 is 0 Å². The van der Waals surface area contributed by atoms with E-state index >= 15 is 0 Å². The molecule has 0 saturated heterocycles. The zero-order valence-corrected chi connectivity index (χ0v) is 8.50. The highest BCUT2D eigenvalue weighted by molar-refractivity contribution is 4.55. The number of hydrogen-bond donors (Lipinski definition) is 4. The van der Waals surface area contributed by atoms with Crippen molar-refractivity contribution in [1.82, 2.24) is 4.90 Å². The number of ether oxygens (including phenoxy) is 1. The van der Waals surface area contributed by atoms with Crippen molar-refractivity contribution >= 4 is 0 Å². The van der Waals surface area contributed by atoms with Gasteiger partial charge in [0.25, 0.3) is 0 Å². The van der Waals surface area contributed by atoms with Crippen molar-refractivity contribution in [2.75, 3.05) is 19.9 Å². The Labute approximate surface area is 83.3 Å². The molecule has 6 nitrogen and oxygen atoms in total. The highest BCUT2D eigenvalue weighted by atomic mass is 16.5. The number of nitrogens with zero attached hydrogens (tertiary/aromatic N) is 1. The van der Waals surface area contributed by atoms with E-state index in [1.165, 1.54) is 18.7 Å². The number of aliphatic hydroxyl groups excluding tert-OH is 4. The average molecular weight is 209 g/mol. The second-order valence-electron chi connectivity index (χ2n) is 3.11. The summed E-state index contributed by atoms with van der Waals surface area (Å²) in [6, 6.07) is 0. The number of aliphatic hydroxyl groups is 4. The van der Waals surface area contributed by atoms with Gasteiger partial charge in [0.2, 0.25) is 0 Å². The fraction of sp³-hybridized carbons (Fsp3) is 1.00. The Kier molecular flexibility index (Phi) is 6.98. The van der Waals surface area contributed by atoms with Crippen LogP contribution in [-0.2, 0) is 4.74 Å². The van der Waals surface area contributed by atoms with E-state index in [1.807, 2.05) is 0 Å².